The molecule has 0 spiro atoms. The van der Waals surface area contributed by atoms with Gasteiger partial charge in [0.15, 0.2) is 5.84 Å². The first-order valence-corrected chi connectivity index (χ1v) is 23.7. The normalized spacial score (nSPS) is 14.1. The van der Waals surface area contributed by atoms with Crippen LogP contribution in [0.25, 0.3) is 110 Å². The third kappa shape index (κ3) is 5.82. The largest absolute Gasteiger partial charge is 0.456 e. The van der Waals surface area contributed by atoms with Crippen LogP contribution in [0.15, 0.2) is 243 Å². The van der Waals surface area contributed by atoms with E-state index in [-0.39, 0.29) is 6.17 Å². The van der Waals surface area contributed by atoms with Crippen molar-refractivity contribution >= 4 is 99.2 Å². The van der Waals surface area contributed by atoms with Gasteiger partial charge in [0.05, 0.1) is 27.8 Å². The maximum absolute atomic E-state index is 6.83. The lowest BCUT2D eigenvalue weighted by atomic mass is 9.97. The highest BCUT2D eigenvalue weighted by Gasteiger charge is 2.24. The van der Waals surface area contributed by atoms with Gasteiger partial charge in [0.25, 0.3) is 0 Å². The Morgan fingerprint density at radius 1 is 0.386 bits per heavy atom. The Morgan fingerprint density at radius 3 is 1.76 bits per heavy atom. The third-order valence-electron chi connectivity index (χ3n) is 14.2. The van der Waals surface area contributed by atoms with E-state index in [0.717, 1.165) is 99.9 Å². The van der Waals surface area contributed by atoms with Crippen LogP contribution in [0, 0.1) is 0 Å². The van der Waals surface area contributed by atoms with Crippen molar-refractivity contribution in [2.45, 2.75) is 6.17 Å². The number of benzene rings is 10. The lowest BCUT2D eigenvalue weighted by Crippen LogP contribution is -2.33. The van der Waals surface area contributed by atoms with Crippen LogP contribution in [0.4, 0.5) is 0 Å². The maximum Gasteiger partial charge on any atom is 0.159 e. The molecule has 328 valence electrons. The van der Waals surface area contributed by atoms with Crippen molar-refractivity contribution in [3.8, 4) is 22.5 Å². The first kappa shape index (κ1) is 38.6. The van der Waals surface area contributed by atoms with E-state index >= 15 is 0 Å². The second kappa shape index (κ2) is 15.0. The molecule has 1 N–H and O–H groups in total. The minimum Gasteiger partial charge on any atom is -0.456 e. The molecule has 10 aromatic carbocycles. The summed E-state index contributed by atoms with van der Waals surface area (Å²) in [5.41, 5.74) is 15.2. The highest BCUT2D eigenvalue weighted by Crippen LogP contribution is 2.44. The number of para-hydroxylation sites is 3. The van der Waals surface area contributed by atoms with Gasteiger partial charge >= 0.3 is 0 Å². The zero-order valence-corrected chi connectivity index (χ0v) is 37.5. The quantitative estimate of drug-likeness (QED) is 0.181. The molecule has 7 heteroatoms. The van der Waals surface area contributed by atoms with Gasteiger partial charge in [-0.1, -0.05) is 152 Å². The Balaban J connectivity index is 0.859. The highest BCUT2D eigenvalue weighted by molar-refractivity contribution is 6.24. The first-order chi connectivity index (χ1) is 34.7. The summed E-state index contributed by atoms with van der Waals surface area (Å²) in [6, 6.07) is 79.1. The molecule has 1 atom stereocenters. The van der Waals surface area contributed by atoms with Gasteiger partial charge in [-0.3, -0.25) is 0 Å². The molecule has 0 saturated carbocycles. The Hall–Kier alpha value is -9.46. The van der Waals surface area contributed by atoms with Crippen molar-refractivity contribution in [3.63, 3.8) is 0 Å². The standard InChI is InChI=1S/C63H39N5O2/c1-4-15-38(16-5-1)61-64-62(39-17-6-2-7-18-39)66-63(65-61)41-27-30-47-51-35-40(28-34-54(51)69-56(47)36-41)44-23-14-26-55-58(44)50-31-29-43(37-57(50)70-55)68-53-25-13-11-22-46(53)49-33-32-48-45-21-10-12-24-52(45)67(59(48)60(49)68)42-19-8-3-9-20-42/h1-37,61H,(H,64,65,66). The number of nitrogens with zero attached hydrogens (tertiary/aromatic N) is 4. The van der Waals surface area contributed by atoms with Gasteiger partial charge in [0, 0.05) is 66.0 Å². The molecule has 14 aromatic rings. The Labute approximate surface area is 400 Å². The highest BCUT2D eigenvalue weighted by atomic mass is 16.3. The van der Waals surface area contributed by atoms with E-state index in [0.29, 0.717) is 5.84 Å². The van der Waals surface area contributed by atoms with E-state index < -0.39 is 0 Å². The van der Waals surface area contributed by atoms with Crippen LogP contribution in [0.2, 0.25) is 0 Å². The van der Waals surface area contributed by atoms with E-state index in [2.05, 4.69) is 203 Å². The smallest absolute Gasteiger partial charge is 0.159 e. The van der Waals surface area contributed by atoms with Crippen LogP contribution >= 0.6 is 0 Å². The molecule has 0 amide bonds. The number of rotatable bonds is 6. The summed E-state index contributed by atoms with van der Waals surface area (Å²) in [5, 5.41) is 12.6. The molecule has 0 bridgehead atoms. The summed E-state index contributed by atoms with van der Waals surface area (Å²) in [6.45, 7) is 0. The Bertz CT molecular complexity index is 4500. The fraction of sp³-hybridized carbons (Fsp3) is 0.0159. The van der Waals surface area contributed by atoms with Crippen molar-refractivity contribution in [2.75, 3.05) is 0 Å². The minimum absolute atomic E-state index is 0.287. The second-order valence-corrected chi connectivity index (χ2v) is 18.1. The molecule has 0 radical (unpaired) electrons. The van der Waals surface area contributed by atoms with Gasteiger partial charge < -0.3 is 23.3 Å². The summed E-state index contributed by atoms with van der Waals surface area (Å²) < 4.78 is 18.3. The number of nitrogens with one attached hydrogen (secondary N) is 1. The molecule has 0 saturated heterocycles. The lowest BCUT2D eigenvalue weighted by molar-refractivity contribution is 0.667. The van der Waals surface area contributed by atoms with Crippen molar-refractivity contribution in [2.24, 2.45) is 9.98 Å². The predicted octanol–water partition coefficient (Wildman–Crippen LogP) is 15.8. The number of furan rings is 2. The van der Waals surface area contributed by atoms with Gasteiger partial charge in [0.1, 0.15) is 34.3 Å². The molecule has 1 aliphatic heterocycles. The van der Waals surface area contributed by atoms with Crippen molar-refractivity contribution < 1.29 is 8.83 Å². The van der Waals surface area contributed by atoms with Crippen LogP contribution in [-0.2, 0) is 0 Å². The second-order valence-electron chi connectivity index (χ2n) is 18.1. The number of aromatic nitrogens is 2. The van der Waals surface area contributed by atoms with Gasteiger partial charge in [0.2, 0.25) is 0 Å². The van der Waals surface area contributed by atoms with E-state index in [1.54, 1.807) is 0 Å². The summed E-state index contributed by atoms with van der Waals surface area (Å²) in [4.78, 5) is 10.2. The Morgan fingerprint density at radius 2 is 1.00 bits per heavy atom. The molecular weight excluding hydrogens is 859 g/mol. The van der Waals surface area contributed by atoms with Crippen molar-refractivity contribution in [3.05, 3.63) is 241 Å². The molecule has 4 aromatic heterocycles. The molecule has 7 nitrogen and oxygen atoms in total. The number of hydrogen-bond acceptors (Lipinski definition) is 5. The van der Waals surface area contributed by atoms with E-state index in [1.807, 2.05) is 36.4 Å². The zero-order valence-electron chi connectivity index (χ0n) is 37.5. The first-order valence-electron chi connectivity index (χ1n) is 23.7. The molecule has 0 fully saturated rings. The number of hydrogen-bond donors (Lipinski definition) is 1. The van der Waals surface area contributed by atoms with Crippen LogP contribution in [0.3, 0.4) is 0 Å². The molecule has 5 heterocycles. The van der Waals surface area contributed by atoms with Crippen molar-refractivity contribution in [1.29, 1.82) is 0 Å². The molecule has 1 unspecified atom stereocenters. The molecule has 15 rings (SSSR count). The minimum atomic E-state index is -0.287. The summed E-state index contributed by atoms with van der Waals surface area (Å²) in [7, 11) is 0. The fourth-order valence-electron chi connectivity index (χ4n) is 11.0. The molecular formula is C63H39N5O2. The van der Waals surface area contributed by atoms with E-state index in [4.69, 9.17) is 18.8 Å². The zero-order chi connectivity index (χ0) is 45.9. The fourth-order valence-corrected chi connectivity index (χ4v) is 11.0. The van der Waals surface area contributed by atoms with Crippen LogP contribution in [0.5, 0.6) is 0 Å². The molecule has 1 aliphatic rings. The topological polar surface area (TPSA) is 72.9 Å². The average molecular weight is 898 g/mol. The SMILES string of the molecule is c1ccc(C2=NC(c3ccc4c(c3)oc3ccc(-c5cccc6oc7cc(-n8c9ccccc9c9ccc%10c%11ccccc%11n(-c%11ccccc%11)c%10c98)ccc7c56)cc34)=NC(c3ccccc3)N2)cc1. The van der Waals surface area contributed by atoms with Crippen LogP contribution < -0.4 is 5.32 Å². The van der Waals surface area contributed by atoms with Crippen LogP contribution in [-0.4, -0.2) is 20.8 Å². The predicted molar refractivity (Wildman–Crippen MR) is 287 cm³/mol. The monoisotopic (exact) mass is 897 g/mol. The lowest BCUT2D eigenvalue weighted by Gasteiger charge is -2.23. The van der Waals surface area contributed by atoms with E-state index in [9.17, 15) is 0 Å². The molecule has 0 aliphatic carbocycles. The molecule has 70 heavy (non-hydrogen) atoms. The van der Waals surface area contributed by atoms with Crippen LogP contribution in [0.1, 0.15) is 22.9 Å². The van der Waals surface area contributed by atoms with E-state index in [1.165, 1.54) is 32.6 Å². The number of amidine groups is 2. The number of aliphatic imine (C=N–C) groups is 2. The van der Waals surface area contributed by atoms with Gasteiger partial charge in [-0.05, 0) is 83.4 Å². The summed E-state index contributed by atoms with van der Waals surface area (Å²) in [6.07, 6.45) is -0.287. The third-order valence-corrected chi connectivity index (χ3v) is 14.2. The van der Waals surface area contributed by atoms with Gasteiger partial charge in [-0.25, -0.2) is 9.98 Å². The summed E-state index contributed by atoms with van der Waals surface area (Å²) >= 11 is 0. The van der Waals surface area contributed by atoms with Gasteiger partial charge in [-0.15, -0.1) is 0 Å². The van der Waals surface area contributed by atoms with Crippen molar-refractivity contribution in [1.82, 2.24) is 14.5 Å². The number of fused-ring (bicyclic) bond motifs is 13. The van der Waals surface area contributed by atoms with Gasteiger partial charge in [-0.2, -0.15) is 0 Å². The Kier molecular flexibility index (Phi) is 8.29. The maximum atomic E-state index is 6.83. The summed E-state index contributed by atoms with van der Waals surface area (Å²) in [5.74, 6) is 1.43. The average Bonchev–Trinajstić information content (AvgIpc) is 4.18.